The minimum Gasteiger partial charge on any atom is -0.310 e. The van der Waals surface area contributed by atoms with Crippen molar-refractivity contribution in [3.63, 3.8) is 0 Å². The van der Waals surface area contributed by atoms with E-state index in [0.29, 0.717) is 0 Å². The maximum atomic E-state index is 4.05. The number of rotatable bonds is 8. The summed E-state index contributed by atoms with van der Waals surface area (Å²) in [5.41, 5.74) is 15.8. The zero-order valence-electron chi connectivity index (χ0n) is 34.0. The average Bonchev–Trinajstić information content (AvgIpc) is 3.98. The van der Waals surface area contributed by atoms with E-state index in [1.54, 1.807) is 0 Å². The van der Waals surface area contributed by atoms with Crippen molar-refractivity contribution >= 4 is 94.6 Å². The summed E-state index contributed by atoms with van der Waals surface area (Å²) in [6, 6.07) is 74.8. The minimum absolute atomic E-state index is 1.06. The van der Waals surface area contributed by atoms with E-state index in [0.717, 1.165) is 56.3 Å². The molecule has 0 aliphatic heterocycles. The van der Waals surface area contributed by atoms with Crippen LogP contribution in [0.25, 0.3) is 94.6 Å². The van der Waals surface area contributed by atoms with Gasteiger partial charge in [0.05, 0.1) is 33.1 Å². The van der Waals surface area contributed by atoms with Crippen molar-refractivity contribution in [2.24, 2.45) is 0 Å². The van der Waals surface area contributed by atoms with Crippen LogP contribution >= 0.6 is 0 Å². The summed E-state index contributed by atoms with van der Waals surface area (Å²) in [6.07, 6.45) is 3.82. The molecule has 0 aliphatic carbocycles. The summed E-state index contributed by atoms with van der Waals surface area (Å²) in [7, 11) is 0. The first kappa shape index (κ1) is 35.6. The third-order valence-electron chi connectivity index (χ3n) is 12.5. The first-order valence-corrected chi connectivity index (χ1v) is 21.1. The number of benzene rings is 9. The fraction of sp³-hybridized carbons (Fsp3) is 0. The van der Waals surface area contributed by atoms with Crippen molar-refractivity contribution in [2.45, 2.75) is 0 Å². The van der Waals surface area contributed by atoms with Crippen molar-refractivity contribution in [3.05, 3.63) is 231 Å². The van der Waals surface area contributed by atoms with Gasteiger partial charge < -0.3 is 18.6 Å². The lowest BCUT2D eigenvalue weighted by atomic mass is 10.1. The molecular formula is C58H40N4. The molecule has 0 N–H and O–H groups in total. The molecule has 0 radical (unpaired) electrons. The van der Waals surface area contributed by atoms with E-state index in [9.17, 15) is 0 Å². The van der Waals surface area contributed by atoms with Crippen LogP contribution in [-0.4, -0.2) is 13.7 Å². The molecule has 12 rings (SSSR count). The van der Waals surface area contributed by atoms with Crippen molar-refractivity contribution in [1.29, 1.82) is 0 Å². The van der Waals surface area contributed by atoms with Gasteiger partial charge in [-0.05, 0) is 132 Å². The number of anilines is 3. The van der Waals surface area contributed by atoms with E-state index in [-0.39, 0.29) is 0 Å². The number of aromatic nitrogens is 3. The van der Waals surface area contributed by atoms with Gasteiger partial charge >= 0.3 is 0 Å². The molecule has 0 aliphatic rings. The Morgan fingerprint density at radius 3 is 0.855 bits per heavy atom. The first-order valence-electron chi connectivity index (χ1n) is 21.1. The predicted octanol–water partition coefficient (Wildman–Crippen LogP) is 15.7. The Kier molecular flexibility index (Phi) is 8.12. The van der Waals surface area contributed by atoms with Gasteiger partial charge in [0.2, 0.25) is 0 Å². The molecule has 0 fully saturated rings. The van der Waals surface area contributed by atoms with E-state index >= 15 is 0 Å². The number of hydrogen-bond acceptors (Lipinski definition) is 1. The van der Waals surface area contributed by atoms with Gasteiger partial charge in [-0.3, -0.25) is 0 Å². The molecule has 9 aromatic carbocycles. The smallest absolute Gasteiger partial charge is 0.0541 e. The number of fused-ring (bicyclic) bond motifs is 9. The molecule has 0 spiro atoms. The molecule has 4 heteroatoms. The number of nitrogens with zero attached hydrogens (tertiary/aromatic N) is 4. The lowest BCUT2D eigenvalue weighted by Gasteiger charge is -2.26. The molecule has 3 aromatic heterocycles. The summed E-state index contributed by atoms with van der Waals surface area (Å²) in [5.74, 6) is 0. The normalized spacial score (nSPS) is 11.7. The Labute approximate surface area is 359 Å². The van der Waals surface area contributed by atoms with E-state index in [1.165, 1.54) is 54.4 Å². The fourth-order valence-electron chi connectivity index (χ4n) is 9.69. The van der Waals surface area contributed by atoms with Gasteiger partial charge in [0.15, 0.2) is 0 Å². The van der Waals surface area contributed by atoms with Gasteiger partial charge in [-0.1, -0.05) is 110 Å². The summed E-state index contributed by atoms with van der Waals surface area (Å²) < 4.78 is 7.10. The zero-order valence-corrected chi connectivity index (χ0v) is 34.0. The van der Waals surface area contributed by atoms with Crippen LogP contribution in [0.4, 0.5) is 17.1 Å². The predicted molar refractivity (Wildman–Crippen MR) is 264 cm³/mol. The maximum Gasteiger partial charge on any atom is 0.0541 e. The Bertz CT molecular complexity index is 3380. The van der Waals surface area contributed by atoms with E-state index in [2.05, 4.69) is 238 Å². The highest BCUT2D eigenvalue weighted by Crippen LogP contribution is 2.40. The molecule has 0 bridgehead atoms. The van der Waals surface area contributed by atoms with Crippen molar-refractivity contribution < 1.29 is 0 Å². The van der Waals surface area contributed by atoms with E-state index in [1.807, 2.05) is 12.2 Å². The van der Waals surface area contributed by atoms with Crippen molar-refractivity contribution in [3.8, 4) is 17.1 Å². The van der Waals surface area contributed by atoms with Crippen molar-refractivity contribution in [2.75, 3.05) is 4.90 Å². The van der Waals surface area contributed by atoms with Gasteiger partial charge in [-0.2, -0.15) is 0 Å². The van der Waals surface area contributed by atoms with Crippen LogP contribution in [0.5, 0.6) is 0 Å². The molecule has 12 aromatic rings. The van der Waals surface area contributed by atoms with Crippen LogP contribution in [0.15, 0.2) is 219 Å². The highest BCUT2D eigenvalue weighted by Gasteiger charge is 2.19. The molecule has 0 atom stereocenters. The summed E-state index contributed by atoms with van der Waals surface area (Å²) in [4.78, 5) is 2.35. The summed E-state index contributed by atoms with van der Waals surface area (Å²) in [5, 5.41) is 7.40. The number of hydrogen-bond donors (Lipinski definition) is 0. The van der Waals surface area contributed by atoms with E-state index < -0.39 is 0 Å². The third kappa shape index (κ3) is 5.47. The monoisotopic (exact) mass is 792 g/mol. The quantitative estimate of drug-likeness (QED) is 0.150. The fourth-order valence-corrected chi connectivity index (χ4v) is 9.69. The molecule has 0 saturated heterocycles. The molecule has 0 amide bonds. The second kappa shape index (κ2) is 14.1. The van der Waals surface area contributed by atoms with Crippen molar-refractivity contribution in [1.82, 2.24) is 13.7 Å². The summed E-state index contributed by atoms with van der Waals surface area (Å²) in [6.45, 7) is 8.09. The van der Waals surface area contributed by atoms with E-state index in [4.69, 9.17) is 0 Å². The van der Waals surface area contributed by atoms with Crippen LogP contribution in [0, 0.1) is 0 Å². The Balaban J connectivity index is 0.997. The number of para-hydroxylation sites is 4. The van der Waals surface area contributed by atoms with Gasteiger partial charge in [-0.15, -0.1) is 0 Å². The second-order valence-corrected chi connectivity index (χ2v) is 15.9. The van der Waals surface area contributed by atoms with Gasteiger partial charge in [0, 0.05) is 66.4 Å². The second-order valence-electron chi connectivity index (χ2n) is 15.9. The Hall–Kier alpha value is -8.34. The lowest BCUT2D eigenvalue weighted by Crippen LogP contribution is -2.10. The minimum atomic E-state index is 1.06. The standard InChI is InChI=1S/C58H40N4/c1-3-39-21-35-57-51(37-39)52-38-40(4-2)22-36-58(52)62(57)46-33-27-43(28-34-46)59(41-23-29-44(30-24-41)60-53-17-9-5-13-47(53)48-14-6-10-18-54(48)60)42-25-31-45(32-26-42)61-55-19-11-7-15-49(55)50-16-8-12-20-56(50)61/h3-38H,1-2H2. The van der Waals surface area contributed by atoms with Gasteiger partial charge in [-0.25, -0.2) is 0 Å². The molecule has 0 saturated carbocycles. The zero-order chi connectivity index (χ0) is 41.3. The maximum absolute atomic E-state index is 4.05. The topological polar surface area (TPSA) is 18.0 Å². The third-order valence-corrected chi connectivity index (χ3v) is 12.5. The van der Waals surface area contributed by atoms with Gasteiger partial charge in [0.25, 0.3) is 0 Å². The Morgan fingerprint density at radius 2 is 0.565 bits per heavy atom. The molecule has 4 nitrogen and oxygen atoms in total. The van der Waals surface area contributed by atoms with Crippen LogP contribution in [0.3, 0.4) is 0 Å². The van der Waals surface area contributed by atoms with Crippen LogP contribution in [0.1, 0.15) is 11.1 Å². The molecule has 292 valence electrons. The molecule has 3 heterocycles. The summed E-state index contributed by atoms with van der Waals surface area (Å²) >= 11 is 0. The average molecular weight is 793 g/mol. The lowest BCUT2D eigenvalue weighted by molar-refractivity contribution is 1.16. The molecular weight excluding hydrogens is 753 g/mol. The van der Waals surface area contributed by atoms with Crippen LogP contribution in [-0.2, 0) is 0 Å². The van der Waals surface area contributed by atoms with Crippen LogP contribution < -0.4 is 4.90 Å². The Morgan fingerprint density at radius 1 is 0.290 bits per heavy atom. The molecule has 62 heavy (non-hydrogen) atoms. The largest absolute Gasteiger partial charge is 0.310 e. The highest BCUT2D eigenvalue weighted by atomic mass is 15.1. The molecule has 0 unspecified atom stereocenters. The first-order chi connectivity index (χ1) is 30.7. The van der Waals surface area contributed by atoms with Crippen LogP contribution in [0.2, 0.25) is 0 Å². The highest BCUT2D eigenvalue weighted by molar-refractivity contribution is 6.12. The SMILES string of the molecule is C=Cc1ccc2c(c1)c1cc(C=C)ccc1n2-c1ccc(N(c2ccc(-n3c4ccccc4c4ccccc43)cc2)c2ccc(-n3c4ccccc4c4ccccc43)cc2)cc1. The van der Waals surface area contributed by atoms with Gasteiger partial charge in [0.1, 0.15) is 0 Å².